The van der Waals surface area contributed by atoms with Crippen molar-refractivity contribution >= 4 is 40.6 Å². The summed E-state index contributed by atoms with van der Waals surface area (Å²) in [6, 6.07) is 2.97. The summed E-state index contributed by atoms with van der Waals surface area (Å²) in [5.41, 5.74) is -0.279. The molecule has 196 valence electrons. The minimum absolute atomic E-state index is 0.103. The lowest BCUT2D eigenvalue weighted by molar-refractivity contribution is -0.141. The van der Waals surface area contributed by atoms with Gasteiger partial charge in [-0.25, -0.2) is 9.59 Å². The maximum atomic E-state index is 12.8. The van der Waals surface area contributed by atoms with Crippen LogP contribution in [0.15, 0.2) is 21.3 Å². The molecule has 1 saturated carbocycles. The van der Waals surface area contributed by atoms with E-state index in [0.29, 0.717) is 30.3 Å². The fourth-order valence-corrected chi connectivity index (χ4v) is 4.43. The third-order valence-electron chi connectivity index (χ3n) is 6.21. The second-order valence-corrected chi connectivity index (χ2v) is 10.5. The monoisotopic (exact) mass is 521 g/mol. The molecule has 2 aromatic rings. The predicted molar refractivity (Wildman–Crippen MR) is 133 cm³/mol. The molecule has 1 N–H and O–H groups in total. The van der Waals surface area contributed by atoms with Crippen LogP contribution in [-0.4, -0.2) is 37.3 Å². The Hall–Kier alpha value is -3.07. The van der Waals surface area contributed by atoms with Gasteiger partial charge in [0.2, 0.25) is 0 Å². The summed E-state index contributed by atoms with van der Waals surface area (Å²) in [5.74, 6) is -0.910. The van der Waals surface area contributed by atoms with Crippen molar-refractivity contribution in [3.63, 3.8) is 0 Å². The fourth-order valence-electron chi connectivity index (χ4n) is 4.22. The molecule has 1 aliphatic carbocycles. The maximum Gasteiger partial charge on any atom is 0.407 e. The van der Waals surface area contributed by atoms with Crippen LogP contribution >= 0.6 is 11.6 Å². The van der Waals surface area contributed by atoms with Gasteiger partial charge in [0.1, 0.15) is 11.2 Å². The molecule has 1 heterocycles. The Bertz CT molecular complexity index is 1210. The molecule has 1 aromatic heterocycles. The summed E-state index contributed by atoms with van der Waals surface area (Å²) in [4.78, 5) is 48.7. The number of benzene rings is 1. The van der Waals surface area contributed by atoms with Gasteiger partial charge in [-0.1, -0.05) is 11.6 Å². The molecular formula is C26H32ClNO8. The molecule has 0 spiro atoms. The lowest BCUT2D eigenvalue weighted by Gasteiger charge is -2.28. The van der Waals surface area contributed by atoms with Crippen molar-refractivity contribution in [1.29, 1.82) is 0 Å². The second kappa shape index (κ2) is 11.3. The number of carbonyl (C=O) groups excluding carboxylic acids is 3. The molecule has 9 nitrogen and oxygen atoms in total. The van der Waals surface area contributed by atoms with Crippen LogP contribution in [-0.2, 0) is 25.5 Å². The molecule has 0 atom stereocenters. The average Bonchev–Trinajstić information content (AvgIpc) is 2.80. The molecule has 0 aliphatic heterocycles. The van der Waals surface area contributed by atoms with E-state index in [-0.39, 0.29) is 40.2 Å². The Morgan fingerprint density at radius 1 is 1.14 bits per heavy atom. The van der Waals surface area contributed by atoms with Crippen LogP contribution in [0, 0.1) is 18.8 Å². The molecule has 1 aromatic carbocycles. The third-order valence-corrected chi connectivity index (χ3v) is 6.51. The van der Waals surface area contributed by atoms with E-state index >= 15 is 0 Å². The number of hydrogen-bond donors (Lipinski definition) is 1. The van der Waals surface area contributed by atoms with Gasteiger partial charge in [-0.05, 0) is 70.9 Å². The number of carbonyl (C=O) groups is 3. The number of nitrogens with one attached hydrogen (secondary N) is 1. The largest absolute Gasteiger partial charge is 0.469 e. The molecule has 0 unspecified atom stereocenters. The van der Waals surface area contributed by atoms with Gasteiger partial charge in [0.25, 0.3) is 0 Å². The number of esters is 2. The number of fused-ring (bicyclic) bond motifs is 1. The summed E-state index contributed by atoms with van der Waals surface area (Å²) >= 11 is 6.38. The van der Waals surface area contributed by atoms with E-state index in [9.17, 15) is 19.2 Å². The molecule has 0 radical (unpaired) electrons. The highest BCUT2D eigenvalue weighted by atomic mass is 35.5. The molecule has 10 heteroatoms. The van der Waals surface area contributed by atoms with Crippen LogP contribution in [0.4, 0.5) is 4.79 Å². The first-order valence-corrected chi connectivity index (χ1v) is 12.3. The number of halogens is 1. The van der Waals surface area contributed by atoms with Crippen LogP contribution in [0.5, 0.6) is 5.75 Å². The quantitative estimate of drug-likeness (QED) is 0.329. The third kappa shape index (κ3) is 7.00. The van der Waals surface area contributed by atoms with Crippen molar-refractivity contribution in [2.45, 2.75) is 65.4 Å². The smallest absolute Gasteiger partial charge is 0.407 e. The highest BCUT2D eigenvalue weighted by Crippen LogP contribution is 2.34. The summed E-state index contributed by atoms with van der Waals surface area (Å²) < 4.78 is 20.8. The van der Waals surface area contributed by atoms with Crippen LogP contribution in [0.3, 0.4) is 0 Å². The lowest BCUT2D eigenvalue weighted by Crippen LogP contribution is -2.36. The van der Waals surface area contributed by atoms with Crippen LogP contribution in [0.25, 0.3) is 11.0 Å². The standard InChI is InChI=1S/C26H32ClNO8/c1-14-17-10-19(27)21(12-20(17)34-24(31)18(14)11-22(29)33-5)35-23(30)16-8-6-15(7-9-16)13-28-25(32)36-26(2,3)4/h10,12,15-16H,6-9,11,13H2,1-5H3,(H,28,32). The van der Waals surface area contributed by atoms with E-state index in [1.54, 1.807) is 13.0 Å². The maximum absolute atomic E-state index is 12.8. The zero-order valence-electron chi connectivity index (χ0n) is 21.2. The van der Waals surface area contributed by atoms with Gasteiger partial charge in [-0.3, -0.25) is 9.59 Å². The van der Waals surface area contributed by atoms with Crippen molar-refractivity contribution < 1.29 is 33.0 Å². The number of ether oxygens (including phenoxy) is 3. The normalized spacial score (nSPS) is 17.9. The van der Waals surface area contributed by atoms with Crippen molar-refractivity contribution in [2.24, 2.45) is 11.8 Å². The lowest BCUT2D eigenvalue weighted by atomic mass is 9.82. The van der Waals surface area contributed by atoms with Crippen LogP contribution < -0.4 is 15.7 Å². The number of alkyl carbamates (subject to hydrolysis) is 1. The van der Waals surface area contributed by atoms with E-state index in [0.717, 1.165) is 12.8 Å². The van der Waals surface area contributed by atoms with Gasteiger partial charge in [-0.2, -0.15) is 0 Å². The zero-order valence-corrected chi connectivity index (χ0v) is 22.0. The molecule has 0 saturated heterocycles. The van der Waals surface area contributed by atoms with Crippen molar-refractivity contribution in [3.8, 4) is 5.75 Å². The minimum atomic E-state index is -0.664. The van der Waals surface area contributed by atoms with Gasteiger partial charge >= 0.3 is 23.7 Å². The van der Waals surface area contributed by atoms with E-state index in [4.69, 9.17) is 25.5 Å². The first-order valence-electron chi connectivity index (χ1n) is 11.9. The molecule has 1 aliphatic rings. The molecular weight excluding hydrogens is 490 g/mol. The molecule has 1 amide bonds. The second-order valence-electron chi connectivity index (χ2n) is 10.0. The topological polar surface area (TPSA) is 121 Å². The highest BCUT2D eigenvalue weighted by molar-refractivity contribution is 6.33. The number of hydrogen-bond acceptors (Lipinski definition) is 8. The van der Waals surface area contributed by atoms with E-state index in [1.807, 2.05) is 20.8 Å². The van der Waals surface area contributed by atoms with E-state index < -0.39 is 29.3 Å². The van der Waals surface area contributed by atoms with Crippen LogP contribution in [0.1, 0.15) is 57.6 Å². The Morgan fingerprint density at radius 2 is 1.81 bits per heavy atom. The van der Waals surface area contributed by atoms with Crippen LogP contribution in [0.2, 0.25) is 5.02 Å². The number of methoxy groups -OCH3 is 1. The Morgan fingerprint density at radius 3 is 2.42 bits per heavy atom. The summed E-state index contributed by atoms with van der Waals surface area (Å²) in [6.07, 6.45) is 2.10. The Labute approximate surface area is 214 Å². The molecule has 0 bridgehead atoms. The summed E-state index contributed by atoms with van der Waals surface area (Å²) in [5, 5.41) is 3.51. The predicted octanol–water partition coefficient (Wildman–Crippen LogP) is 4.71. The van der Waals surface area contributed by atoms with E-state index in [2.05, 4.69) is 10.1 Å². The Balaban J connectivity index is 1.63. The molecule has 3 rings (SSSR count). The number of aryl methyl sites for hydroxylation is 1. The fraction of sp³-hybridized carbons (Fsp3) is 0.538. The molecule has 36 heavy (non-hydrogen) atoms. The SMILES string of the molecule is COC(=O)Cc1c(C)c2cc(Cl)c(OC(=O)C3CCC(CNC(=O)OC(C)(C)C)CC3)cc2oc1=O. The van der Waals surface area contributed by atoms with Crippen molar-refractivity contribution in [1.82, 2.24) is 5.32 Å². The van der Waals surface area contributed by atoms with Gasteiger partial charge in [-0.15, -0.1) is 0 Å². The summed E-state index contributed by atoms with van der Waals surface area (Å²) in [7, 11) is 1.24. The summed E-state index contributed by atoms with van der Waals surface area (Å²) in [6.45, 7) is 7.60. The zero-order chi connectivity index (χ0) is 26.6. The first-order chi connectivity index (χ1) is 16.9. The average molecular weight is 522 g/mol. The first kappa shape index (κ1) is 27.5. The number of amides is 1. The van der Waals surface area contributed by atoms with Crippen molar-refractivity contribution in [3.05, 3.63) is 38.7 Å². The molecule has 1 fully saturated rings. The van der Waals surface area contributed by atoms with Gasteiger partial charge in [0.15, 0.2) is 5.75 Å². The van der Waals surface area contributed by atoms with Gasteiger partial charge in [0.05, 0.1) is 30.0 Å². The van der Waals surface area contributed by atoms with E-state index in [1.165, 1.54) is 13.2 Å². The highest BCUT2D eigenvalue weighted by Gasteiger charge is 2.29. The minimum Gasteiger partial charge on any atom is -0.469 e. The van der Waals surface area contributed by atoms with Crippen molar-refractivity contribution in [2.75, 3.05) is 13.7 Å². The van der Waals surface area contributed by atoms with Gasteiger partial charge < -0.3 is 23.9 Å². The number of rotatable bonds is 6. The Kier molecular flexibility index (Phi) is 8.66. The van der Waals surface area contributed by atoms with Gasteiger partial charge in [0, 0.05) is 18.0 Å².